The third kappa shape index (κ3) is 2.16. The summed E-state index contributed by atoms with van der Waals surface area (Å²) in [6.07, 6.45) is 0. The Balaban J connectivity index is 2.04. The van der Waals surface area contributed by atoms with Crippen molar-refractivity contribution >= 4 is 5.91 Å². The van der Waals surface area contributed by atoms with Crippen LogP contribution < -0.4 is 5.32 Å². The Labute approximate surface area is 91.6 Å². The first-order valence-corrected chi connectivity index (χ1v) is 5.81. The fraction of sp³-hybridized carbons (Fsp3) is 0.909. The summed E-state index contributed by atoms with van der Waals surface area (Å²) < 4.78 is 0. The van der Waals surface area contributed by atoms with Crippen LogP contribution in [0.25, 0.3) is 0 Å². The number of hydrogen-bond acceptors (Lipinski definition) is 3. The van der Waals surface area contributed by atoms with Gasteiger partial charge in [0.25, 0.3) is 0 Å². The topological polar surface area (TPSA) is 35.6 Å². The van der Waals surface area contributed by atoms with E-state index in [2.05, 4.69) is 36.0 Å². The quantitative estimate of drug-likeness (QED) is 0.650. The second-order valence-corrected chi connectivity index (χ2v) is 5.13. The molecule has 0 aromatic carbocycles. The zero-order chi connectivity index (χ0) is 11.0. The van der Waals surface area contributed by atoms with Gasteiger partial charge in [-0.15, -0.1) is 0 Å². The fourth-order valence-corrected chi connectivity index (χ4v) is 2.38. The molecule has 86 valence electrons. The third-order valence-corrected chi connectivity index (χ3v) is 3.56. The Morgan fingerprint density at radius 1 is 1.33 bits per heavy atom. The summed E-state index contributed by atoms with van der Waals surface area (Å²) in [4.78, 5) is 16.5. The largest absolute Gasteiger partial charge is 0.350 e. The number of rotatable bonds is 1. The second-order valence-electron chi connectivity index (χ2n) is 5.13. The Hall–Kier alpha value is -0.610. The number of amides is 1. The number of likely N-dealkylation sites (N-methyl/N-ethyl adjacent to an activating group) is 1. The molecule has 2 aliphatic heterocycles. The summed E-state index contributed by atoms with van der Waals surface area (Å²) in [5.41, 5.74) is 0. The summed E-state index contributed by atoms with van der Waals surface area (Å²) in [6.45, 7) is 8.33. The number of piperazine rings is 2. The van der Waals surface area contributed by atoms with Gasteiger partial charge in [0.2, 0.25) is 5.91 Å². The molecule has 0 radical (unpaired) electrons. The Bertz CT molecular complexity index is 254. The van der Waals surface area contributed by atoms with Crippen molar-refractivity contribution in [2.24, 2.45) is 5.92 Å². The van der Waals surface area contributed by atoms with Crippen LogP contribution in [0.2, 0.25) is 0 Å². The monoisotopic (exact) mass is 211 g/mol. The summed E-state index contributed by atoms with van der Waals surface area (Å²) in [7, 11) is 2.08. The molecule has 0 aromatic rings. The van der Waals surface area contributed by atoms with Gasteiger partial charge in [-0.25, -0.2) is 0 Å². The molecule has 0 spiro atoms. The first-order chi connectivity index (χ1) is 7.08. The smallest absolute Gasteiger partial charge is 0.238 e. The van der Waals surface area contributed by atoms with Crippen LogP contribution in [0.3, 0.4) is 0 Å². The van der Waals surface area contributed by atoms with Gasteiger partial charge in [0, 0.05) is 32.2 Å². The van der Waals surface area contributed by atoms with Crippen LogP contribution in [0.15, 0.2) is 0 Å². The highest BCUT2D eigenvalue weighted by atomic mass is 16.2. The van der Waals surface area contributed by atoms with E-state index >= 15 is 0 Å². The first kappa shape index (κ1) is 10.9. The average Bonchev–Trinajstić information content (AvgIpc) is 2.18. The van der Waals surface area contributed by atoms with Gasteiger partial charge in [-0.3, -0.25) is 9.69 Å². The normalized spacial score (nSPS) is 34.0. The van der Waals surface area contributed by atoms with Gasteiger partial charge in [-0.2, -0.15) is 0 Å². The molecular weight excluding hydrogens is 190 g/mol. The van der Waals surface area contributed by atoms with Crippen molar-refractivity contribution in [1.29, 1.82) is 0 Å². The molecule has 2 rings (SSSR count). The Morgan fingerprint density at radius 2 is 2.07 bits per heavy atom. The fourth-order valence-electron chi connectivity index (χ4n) is 2.38. The van der Waals surface area contributed by atoms with E-state index in [1.165, 1.54) is 0 Å². The van der Waals surface area contributed by atoms with Crippen molar-refractivity contribution < 1.29 is 4.79 Å². The third-order valence-electron chi connectivity index (χ3n) is 3.56. The van der Waals surface area contributed by atoms with Gasteiger partial charge in [0.15, 0.2) is 0 Å². The molecule has 15 heavy (non-hydrogen) atoms. The lowest BCUT2D eigenvalue weighted by Gasteiger charge is -2.45. The van der Waals surface area contributed by atoms with Gasteiger partial charge < -0.3 is 10.2 Å². The van der Waals surface area contributed by atoms with Crippen LogP contribution in [-0.4, -0.2) is 61.0 Å². The van der Waals surface area contributed by atoms with Gasteiger partial charge in [0.05, 0.1) is 0 Å². The van der Waals surface area contributed by atoms with E-state index in [1.54, 1.807) is 0 Å². The maximum atomic E-state index is 11.9. The van der Waals surface area contributed by atoms with E-state index in [1.807, 2.05) is 0 Å². The van der Waals surface area contributed by atoms with Crippen molar-refractivity contribution in [3.05, 3.63) is 0 Å². The van der Waals surface area contributed by atoms with Crippen LogP contribution in [0, 0.1) is 5.92 Å². The molecule has 1 amide bonds. The number of nitrogens with one attached hydrogen (secondary N) is 1. The maximum Gasteiger partial charge on any atom is 0.238 e. The molecule has 2 saturated heterocycles. The van der Waals surface area contributed by atoms with E-state index in [0.29, 0.717) is 12.0 Å². The predicted molar refractivity (Wildman–Crippen MR) is 59.6 cm³/mol. The van der Waals surface area contributed by atoms with Crippen LogP contribution in [0.5, 0.6) is 0 Å². The molecule has 1 N–H and O–H groups in total. The minimum atomic E-state index is 0.0822. The standard InChI is InChI=1S/C11H21N3O/c1-8(2)9-6-14-5-4-13(3)7-10(14)11(15)12-9/h8-10H,4-7H2,1-3H3,(H,12,15). The molecular formula is C11H21N3O. The number of fused-ring (bicyclic) bond motifs is 1. The number of hydrogen-bond donors (Lipinski definition) is 1. The molecule has 2 fully saturated rings. The highest BCUT2D eigenvalue weighted by molar-refractivity contribution is 5.83. The molecule has 0 saturated carbocycles. The van der Waals surface area contributed by atoms with Gasteiger partial charge in [-0.05, 0) is 13.0 Å². The lowest BCUT2D eigenvalue weighted by atomic mass is 9.97. The minimum Gasteiger partial charge on any atom is -0.350 e. The lowest BCUT2D eigenvalue weighted by molar-refractivity contribution is -0.134. The minimum absolute atomic E-state index is 0.0822. The van der Waals surface area contributed by atoms with Crippen molar-refractivity contribution in [2.75, 3.05) is 33.2 Å². The van der Waals surface area contributed by atoms with E-state index in [-0.39, 0.29) is 11.9 Å². The summed E-state index contributed by atoms with van der Waals surface area (Å²) in [6, 6.07) is 0.413. The van der Waals surface area contributed by atoms with Gasteiger partial charge in [-0.1, -0.05) is 13.8 Å². The zero-order valence-corrected chi connectivity index (χ0v) is 9.86. The summed E-state index contributed by atoms with van der Waals surface area (Å²) >= 11 is 0. The first-order valence-electron chi connectivity index (χ1n) is 5.81. The van der Waals surface area contributed by atoms with Crippen LogP contribution >= 0.6 is 0 Å². The van der Waals surface area contributed by atoms with Crippen molar-refractivity contribution in [3.63, 3.8) is 0 Å². The number of carbonyl (C=O) groups excluding carboxylic acids is 1. The van der Waals surface area contributed by atoms with E-state index in [0.717, 1.165) is 26.2 Å². The van der Waals surface area contributed by atoms with Crippen LogP contribution in [-0.2, 0) is 4.79 Å². The predicted octanol–water partition coefficient (Wildman–Crippen LogP) is -0.243. The average molecular weight is 211 g/mol. The van der Waals surface area contributed by atoms with Crippen molar-refractivity contribution in [1.82, 2.24) is 15.1 Å². The molecule has 2 heterocycles. The molecule has 2 unspecified atom stereocenters. The lowest BCUT2D eigenvalue weighted by Crippen LogP contribution is -2.67. The molecule has 4 nitrogen and oxygen atoms in total. The molecule has 2 aliphatic rings. The molecule has 2 atom stereocenters. The van der Waals surface area contributed by atoms with Crippen LogP contribution in [0.4, 0.5) is 0 Å². The molecule has 0 aliphatic carbocycles. The molecule has 0 bridgehead atoms. The Kier molecular flexibility index (Phi) is 2.98. The summed E-state index contributed by atoms with van der Waals surface area (Å²) in [5, 5.41) is 3.13. The number of carbonyl (C=O) groups is 1. The molecule has 4 heteroatoms. The number of nitrogens with zero attached hydrogens (tertiary/aromatic N) is 2. The van der Waals surface area contributed by atoms with E-state index in [4.69, 9.17) is 0 Å². The summed E-state index contributed by atoms with van der Waals surface area (Å²) in [5.74, 6) is 0.737. The molecule has 0 aromatic heterocycles. The van der Waals surface area contributed by atoms with Crippen molar-refractivity contribution in [2.45, 2.75) is 25.9 Å². The van der Waals surface area contributed by atoms with Gasteiger partial charge >= 0.3 is 0 Å². The second kappa shape index (κ2) is 4.10. The Morgan fingerprint density at radius 3 is 2.73 bits per heavy atom. The van der Waals surface area contributed by atoms with E-state index in [9.17, 15) is 4.79 Å². The highest BCUT2D eigenvalue weighted by Gasteiger charge is 2.37. The van der Waals surface area contributed by atoms with Crippen LogP contribution in [0.1, 0.15) is 13.8 Å². The zero-order valence-electron chi connectivity index (χ0n) is 9.86. The van der Waals surface area contributed by atoms with Crippen molar-refractivity contribution in [3.8, 4) is 0 Å². The highest BCUT2D eigenvalue weighted by Crippen LogP contribution is 2.17. The van der Waals surface area contributed by atoms with E-state index < -0.39 is 0 Å². The maximum absolute atomic E-state index is 11.9. The van der Waals surface area contributed by atoms with Gasteiger partial charge in [0.1, 0.15) is 6.04 Å². The SMILES string of the molecule is CC(C)C1CN2CCN(C)CC2C(=O)N1.